The second-order valence-electron chi connectivity index (χ2n) is 8.74. The third-order valence-corrected chi connectivity index (χ3v) is 6.80. The van der Waals surface area contributed by atoms with Gasteiger partial charge in [0.05, 0.1) is 42.5 Å². The number of hydrogen-bond donors (Lipinski definition) is 4. The van der Waals surface area contributed by atoms with Gasteiger partial charge in [0.2, 0.25) is 0 Å². The third kappa shape index (κ3) is 7.76. The SMILES string of the molecule is COc1ccc(NC(=O)c2ccc(N)cc2NC(=O)c2ccc(OC)cc2OCCCNC(=O)c2cccs2)cc1. The summed E-state index contributed by atoms with van der Waals surface area (Å²) in [5.74, 6) is 0.379. The van der Waals surface area contributed by atoms with Gasteiger partial charge >= 0.3 is 0 Å². The first kappa shape index (κ1) is 29.0. The molecule has 41 heavy (non-hydrogen) atoms. The van der Waals surface area contributed by atoms with Crippen molar-refractivity contribution in [3.63, 3.8) is 0 Å². The fourth-order valence-electron chi connectivity index (χ4n) is 3.81. The third-order valence-electron chi connectivity index (χ3n) is 5.93. The quantitative estimate of drug-likeness (QED) is 0.137. The summed E-state index contributed by atoms with van der Waals surface area (Å²) < 4.78 is 16.4. The molecule has 0 aliphatic heterocycles. The van der Waals surface area contributed by atoms with Crippen LogP contribution in [0.2, 0.25) is 0 Å². The zero-order valence-electron chi connectivity index (χ0n) is 22.6. The molecule has 5 N–H and O–H groups in total. The number of rotatable bonds is 12. The summed E-state index contributed by atoms with van der Waals surface area (Å²) in [5, 5.41) is 10.3. The Balaban J connectivity index is 1.44. The lowest BCUT2D eigenvalue weighted by Gasteiger charge is -2.15. The number of nitrogens with two attached hydrogens (primary N) is 1. The van der Waals surface area contributed by atoms with Gasteiger partial charge in [0, 0.05) is 24.0 Å². The zero-order valence-corrected chi connectivity index (χ0v) is 23.4. The van der Waals surface area contributed by atoms with E-state index in [4.69, 9.17) is 19.9 Å². The Morgan fingerprint density at radius 3 is 2.22 bits per heavy atom. The van der Waals surface area contributed by atoms with E-state index in [1.165, 1.54) is 24.5 Å². The van der Waals surface area contributed by atoms with Gasteiger partial charge in [-0.1, -0.05) is 6.07 Å². The number of amides is 3. The molecule has 1 heterocycles. The maximum atomic E-state index is 13.4. The van der Waals surface area contributed by atoms with E-state index in [9.17, 15) is 14.4 Å². The summed E-state index contributed by atoms with van der Waals surface area (Å²) in [4.78, 5) is 39.2. The molecule has 4 aromatic rings. The van der Waals surface area contributed by atoms with E-state index in [0.29, 0.717) is 46.5 Å². The highest BCUT2D eigenvalue weighted by atomic mass is 32.1. The number of carbonyl (C=O) groups is 3. The number of hydrogen-bond acceptors (Lipinski definition) is 8. The van der Waals surface area contributed by atoms with Crippen molar-refractivity contribution in [2.24, 2.45) is 0 Å². The fraction of sp³-hybridized carbons (Fsp3) is 0.167. The first-order valence-corrected chi connectivity index (χ1v) is 13.5. The lowest BCUT2D eigenvalue weighted by molar-refractivity contribution is 0.0954. The van der Waals surface area contributed by atoms with Crippen LogP contribution >= 0.6 is 11.3 Å². The summed E-state index contributed by atoms with van der Waals surface area (Å²) in [6.07, 6.45) is 0.514. The van der Waals surface area contributed by atoms with Crippen LogP contribution in [0.4, 0.5) is 17.1 Å². The first-order chi connectivity index (χ1) is 19.9. The first-order valence-electron chi connectivity index (χ1n) is 12.7. The van der Waals surface area contributed by atoms with E-state index in [2.05, 4.69) is 16.0 Å². The molecular weight excluding hydrogens is 544 g/mol. The van der Waals surface area contributed by atoms with Crippen LogP contribution in [0.5, 0.6) is 17.2 Å². The Kier molecular flexibility index (Phi) is 9.79. The second kappa shape index (κ2) is 13.9. The van der Waals surface area contributed by atoms with Crippen molar-refractivity contribution >= 4 is 46.1 Å². The van der Waals surface area contributed by atoms with E-state index in [0.717, 1.165) is 0 Å². The second-order valence-corrected chi connectivity index (χ2v) is 9.69. The molecule has 0 radical (unpaired) electrons. The molecule has 0 atom stereocenters. The van der Waals surface area contributed by atoms with Gasteiger partial charge in [0.1, 0.15) is 17.2 Å². The highest BCUT2D eigenvalue weighted by Gasteiger charge is 2.19. The number of benzene rings is 3. The number of nitrogens with one attached hydrogen (secondary N) is 3. The van der Waals surface area contributed by atoms with Gasteiger partial charge in [-0.15, -0.1) is 11.3 Å². The van der Waals surface area contributed by atoms with Gasteiger partial charge < -0.3 is 35.9 Å². The van der Waals surface area contributed by atoms with Crippen LogP contribution in [-0.2, 0) is 0 Å². The lowest BCUT2D eigenvalue weighted by Crippen LogP contribution is -2.25. The highest BCUT2D eigenvalue weighted by molar-refractivity contribution is 7.12. The van der Waals surface area contributed by atoms with Gasteiger partial charge in [0.25, 0.3) is 17.7 Å². The Morgan fingerprint density at radius 1 is 0.805 bits per heavy atom. The number of nitrogen functional groups attached to an aromatic ring is 1. The van der Waals surface area contributed by atoms with Crippen LogP contribution in [-0.4, -0.2) is 45.1 Å². The molecule has 3 aromatic carbocycles. The Morgan fingerprint density at radius 2 is 1.51 bits per heavy atom. The molecule has 0 saturated carbocycles. The molecule has 4 rings (SSSR count). The van der Waals surface area contributed by atoms with Crippen molar-refractivity contribution in [1.29, 1.82) is 0 Å². The molecule has 0 fully saturated rings. The van der Waals surface area contributed by atoms with Gasteiger partial charge in [0.15, 0.2) is 0 Å². The Bertz CT molecular complexity index is 1510. The Labute approximate surface area is 241 Å². The standard InChI is InChI=1S/C30H30N4O6S/c1-38-21-9-7-20(8-10-21)33-28(35)23-12-6-19(31)17-25(23)34-29(36)24-13-11-22(39-2)18-26(24)40-15-4-14-32-30(37)27-5-3-16-41-27/h3,5-13,16-18H,4,14-15,31H2,1-2H3,(H,32,37)(H,33,35)(H,34,36). The van der Waals surface area contributed by atoms with Crippen LogP contribution in [0.1, 0.15) is 36.8 Å². The summed E-state index contributed by atoms with van der Waals surface area (Å²) in [7, 11) is 3.07. The summed E-state index contributed by atoms with van der Waals surface area (Å²) >= 11 is 1.37. The number of thiophene rings is 1. The number of carbonyl (C=O) groups excluding carboxylic acids is 3. The smallest absolute Gasteiger partial charge is 0.261 e. The number of ether oxygens (including phenoxy) is 3. The van der Waals surface area contributed by atoms with Gasteiger partial charge in [-0.05, 0) is 72.5 Å². The normalized spacial score (nSPS) is 10.4. The maximum absolute atomic E-state index is 13.4. The molecule has 0 aliphatic carbocycles. The van der Waals surface area contributed by atoms with Gasteiger partial charge in [-0.2, -0.15) is 0 Å². The minimum atomic E-state index is -0.502. The van der Waals surface area contributed by atoms with Crippen LogP contribution in [0.25, 0.3) is 0 Å². The predicted molar refractivity (Wildman–Crippen MR) is 160 cm³/mol. The summed E-state index contributed by atoms with van der Waals surface area (Å²) in [6.45, 7) is 0.643. The van der Waals surface area contributed by atoms with E-state index in [-0.39, 0.29) is 29.3 Å². The van der Waals surface area contributed by atoms with E-state index in [1.807, 2.05) is 11.4 Å². The van der Waals surface area contributed by atoms with E-state index >= 15 is 0 Å². The molecule has 1 aromatic heterocycles. The summed E-state index contributed by atoms with van der Waals surface area (Å²) in [5.41, 5.74) is 7.60. The molecular formula is C30H30N4O6S. The van der Waals surface area contributed by atoms with Crippen molar-refractivity contribution in [1.82, 2.24) is 5.32 Å². The molecule has 0 spiro atoms. The van der Waals surface area contributed by atoms with Crippen LogP contribution < -0.4 is 35.9 Å². The molecule has 212 valence electrons. The van der Waals surface area contributed by atoms with Crippen molar-refractivity contribution < 1.29 is 28.6 Å². The summed E-state index contributed by atoms with van der Waals surface area (Å²) in [6, 6.07) is 19.9. The van der Waals surface area contributed by atoms with Crippen LogP contribution in [0, 0.1) is 0 Å². The topological polar surface area (TPSA) is 141 Å². The van der Waals surface area contributed by atoms with Crippen molar-refractivity contribution in [3.05, 3.63) is 94.2 Å². The minimum absolute atomic E-state index is 0.143. The lowest BCUT2D eigenvalue weighted by atomic mass is 10.1. The van der Waals surface area contributed by atoms with Crippen LogP contribution in [0.15, 0.2) is 78.2 Å². The average Bonchev–Trinajstić information content (AvgIpc) is 3.52. The minimum Gasteiger partial charge on any atom is -0.497 e. The molecule has 3 amide bonds. The van der Waals surface area contributed by atoms with E-state index in [1.54, 1.807) is 67.8 Å². The van der Waals surface area contributed by atoms with Crippen LogP contribution in [0.3, 0.4) is 0 Å². The molecule has 0 unspecified atom stereocenters. The molecule has 0 bridgehead atoms. The molecule has 0 aliphatic rings. The van der Waals surface area contributed by atoms with E-state index < -0.39 is 11.8 Å². The molecule has 10 nitrogen and oxygen atoms in total. The zero-order chi connectivity index (χ0) is 29.2. The number of methoxy groups -OCH3 is 2. The fourth-order valence-corrected chi connectivity index (χ4v) is 4.45. The average molecular weight is 575 g/mol. The maximum Gasteiger partial charge on any atom is 0.261 e. The van der Waals surface area contributed by atoms with Gasteiger partial charge in [-0.25, -0.2) is 0 Å². The van der Waals surface area contributed by atoms with Gasteiger partial charge in [-0.3, -0.25) is 14.4 Å². The molecule has 11 heteroatoms. The largest absolute Gasteiger partial charge is 0.497 e. The van der Waals surface area contributed by atoms with Crippen molar-refractivity contribution in [3.8, 4) is 17.2 Å². The molecule has 0 saturated heterocycles. The number of anilines is 3. The van der Waals surface area contributed by atoms with Crippen molar-refractivity contribution in [2.45, 2.75) is 6.42 Å². The monoisotopic (exact) mass is 574 g/mol. The Hall–Kier alpha value is -5.03. The van der Waals surface area contributed by atoms with Crippen molar-refractivity contribution in [2.75, 3.05) is 43.7 Å². The highest BCUT2D eigenvalue weighted by Crippen LogP contribution is 2.28. The predicted octanol–water partition coefficient (Wildman–Crippen LogP) is 5.05.